The Morgan fingerprint density at radius 3 is 2.00 bits per heavy atom. The van der Waals surface area contributed by atoms with Crippen LogP contribution < -0.4 is 9.47 Å². The van der Waals surface area contributed by atoms with Gasteiger partial charge >= 0.3 is 11.9 Å². The highest BCUT2D eigenvalue weighted by Crippen LogP contribution is 2.16. The van der Waals surface area contributed by atoms with E-state index in [1.807, 2.05) is 0 Å². The van der Waals surface area contributed by atoms with Crippen LogP contribution >= 0.6 is 0 Å². The van der Waals surface area contributed by atoms with Crippen molar-refractivity contribution in [3.05, 3.63) is 59.7 Å². The third kappa shape index (κ3) is 4.82. The first-order chi connectivity index (χ1) is 11.1. The molecule has 2 aromatic rings. The fraction of sp³-hybridized carbons (Fsp3) is 0.176. The van der Waals surface area contributed by atoms with Crippen molar-refractivity contribution in [3.8, 4) is 11.5 Å². The van der Waals surface area contributed by atoms with Crippen molar-refractivity contribution >= 4 is 11.9 Å². The van der Waals surface area contributed by atoms with Crippen molar-refractivity contribution in [2.75, 3.05) is 20.3 Å². The molecule has 0 amide bonds. The van der Waals surface area contributed by atoms with Gasteiger partial charge in [-0.3, -0.25) is 0 Å². The molecule has 6 nitrogen and oxygen atoms in total. The van der Waals surface area contributed by atoms with Gasteiger partial charge in [-0.1, -0.05) is 0 Å². The van der Waals surface area contributed by atoms with Gasteiger partial charge in [-0.05, 0) is 48.5 Å². The van der Waals surface area contributed by atoms with Crippen molar-refractivity contribution in [1.29, 1.82) is 0 Å². The third-order valence-electron chi connectivity index (χ3n) is 2.96. The zero-order chi connectivity index (χ0) is 16.7. The Bertz CT molecular complexity index is 660. The van der Waals surface area contributed by atoms with Crippen LogP contribution in [-0.2, 0) is 4.74 Å². The van der Waals surface area contributed by atoms with Gasteiger partial charge in [0.25, 0.3) is 0 Å². The fourth-order valence-electron chi connectivity index (χ4n) is 1.76. The lowest BCUT2D eigenvalue weighted by molar-refractivity contribution is 0.0696. The zero-order valence-electron chi connectivity index (χ0n) is 12.5. The highest BCUT2D eigenvalue weighted by atomic mass is 16.5. The van der Waals surface area contributed by atoms with Gasteiger partial charge in [0.1, 0.15) is 18.1 Å². The highest BCUT2D eigenvalue weighted by molar-refractivity contribution is 5.91. The summed E-state index contributed by atoms with van der Waals surface area (Å²) < 4.78 is 15.5. The summed E-state index contributed by atoms with van der Waals surface area (Å²) in [5, 5.41) is 8.81. The van der Waals surface area contributed by atoms with Crippen LogP contribution in [-0.4, -0.2) is 37.4 Å². The van der Waals surface area contributed by atoms with E-state index in [-0.39, 0.29) is 11.3 Å². The molecular weight excluding hydrogens is 300 g/mol. The molecule has 0 spiro atoms. The first-order valence-electron chi connectivity index (χ1n) is 6.87. The standard InChI is InChI=1S/C17H16O6/c1-21-10-11-22-14-6-4-13(5-7-14)17(20)23-15-8-2-12(3-9-15)16(18)19/h2-9H,10-11H2,1H3,(H,18,19). The summed E-state index contributed by atoms with van der Waals surface area (Å²) in [6.45, 7) is 0.909. The molecule has 1 N–H and O–H groups in total. The Kier molecular flexibility index (Phi) is 5.71. The third-order valence-corrected chi connectivity index (χ3v) is 2.96. The van der Waals surface area contributed by atoms with Crippen LogP contribution in [0.25, 0.3) is 0 Å². The number of methoxy groups -OCH3 is 1. The van der Waals surface area contributed by atoms with Gasteiger partial charge in [-0.25, -0.2) is 9.59 Å². The molecule has 2 aromatic carbocycles. The summed E-state index contributed by atoms with van der Waals surface area (Å²) in [6.07, 6.45) is 0. The second-order valence-corrected chi connectivity index (χ2v) is 4.58. The fourth-order valence-corrected chi connectivity index (χ4v) is 1.76. The van der Waals surface area contributed by atoms with Gasteiger partial charge in [0, 0.05) is 7.11 Å². The molecule has 0 saturated heterocycles. The predicted molar refractivity (Wildman–Crippen MR) is 82.2 cm³/mol. The largest absolute Gasteiger partial charge is 0.491 e. The smallest absolute Gasteiger partial charge is 0.343 e. The minimum absolute atomic E-state index is 0.127. The van der Waals surface area contributed by atoms with E-state index in [4.69, 9.17) is 19.3 Å². The van der Waals surface area contributed by atoms with Crippen LogP contribution in [0.3, 0.4) is 0 Å². The molecule has 0 aliphatic rings. The number of carbonyl (C=O) groups is 2. The molecule has 0 bridgehead atoms. The van der Waals surface area contributed by atoms with Crippen LogP contribution in [0.4, 0.5) is 0 Å². The molecule has 0 radical (unpaired) electrons. The van der Waals surface area contributed by atoms with E-state index < -0.39 is 11.9 Å². The monoisotopic (exact) mass is 316 g/mol. The number of carbonyl (C=O) groups excluding carboxylic acids is 1. The first-order valence-corrected chi connectivity index (χ1v) is 6.87. The summed E-state index contributed by atoms with van der Waals surface area (Å²) in [7, 11) is 1.59. The number of esters is 1. The summed E-state index contributed by atoms with van der Waals surface area (Å²) >= 11 is 0. The van der Waals surface area contributed by atoms with E-state index in [1.54, 1.807) is 31.4 Å². The Hall–Kier alpha value is -2.86. The lowest BCUT2D eigenvalue weighted by Crippen LogP contribution is -2.09. The molecular formula is C17H16O6. The van der Waals surface area contributed by atoms with E-state index in [2.05, 4.69) is 0 Å². The van der Waals surface area contributed by atoms with E-state index in [0.29, 0.717) is 24.5 Å². The van der Waals surface area contributed by atoms with E-state index in [9.17, 15) is 9.59 Å². The Morgan fingerprint density at radius 1 is 0.870 bits per heavy atom. The van der Waals surface area contributed by atoms with Crippen molar-refractivity contribution in [2.24, 2.45) is 0 Å². The SMILES string of the molecule is COCCOc1ccc(C(=O)Oc2ccc(C(=O)O)cc2)cc1. The van der Waals surface area contributed by atoms with Gasteiger partial charge in [-0.15, -0.1) is 0 Å². The summed E-state index contributed by atoms with van der Waals surface area (Å²) in [4.78, 5) is 22.8. The normalized spacial score (nSPS) is 10.1. The molecule has 23 heavy (non-hydrogen) atoms. The minimum Gasteiger partial charge on any atom is -0.491 e. The number of carboxylic acids is 1. The Morgan fingerprint density at radius 2 is 1.43 bits per heavy atom. The topological polar surface area (TPSA) is 82.1 Å². The van der Waals surface area contributed by atoms with Crippen LogP contribution in [0, 0.1) is 0 Å². The molecule has 2 rings (SSSR count). The lowest BCUT2D eigenvalue weighted by Gasteiger charge is -2.07. The maximum Gasteiger partial charge on any atom is 0.343 e. The van der Waals surface area contributed by atoms with Crippen molar-refractivity contribution < 1.29 is 28.9 Å². The zero-order valence-corrected chi connectivity index (χ0v) is 12.5. The first kappa shape index (κ1) is 16.5. The molecule has 0 fully saturated rings. The van der Waals surface area contributed by atoms with Gasteiger partial charge in [0.2, 0.25) is 0 Å². The average Bonchev–Trinajstić information content (AvgIpc) is 2.56. The van der Waals surface area contributed by atoms with Gasteiger partial charge in [0.05, 0.1) is 17.7 Å². The van der Waals surface area contributed by atoms with Gasteiger partial charge in [-0.2, -0.15) is 0 Å². The number of carboxylic acid groups (broad SMARTS) is 1. The van der Waals surface area contributed by atoms with Crippen molar-refractivity contribution in [2.45, 2.75) is 0 Å². The van der Waals surface area contributed by atoms with Crippen LogP contribution in [0.1, 0.15) is 20.7 Å². The highest BCUT2D eigenvalue weighted by Gasteiger charge is 2.10. The number of hydrogen-bond acceptors (Lipinski definition) is 5. The lowest BCUT2D eigenvalue weighted by atomic mass is 10.2. The van der Waals surface area contributed by atoms with Crippen LogP contribution in [0.5, 0.6) is 11.5 Å². The summed E-state index contributed by atoms with van der Waals surface area (Å²) in [5.74, 6) is -0.659. The van der Waals surface area contributed by atoms with Crippen LogP contribution in [0.2, 0.25) is 0 Å². The predicted octanol–water partition coefficient (Wildman–Crippen LogP) is 2.63. The van der Waals surface area contributed by atoms with Crippen LogP contribution in [0.15, 0.2) is 48.5 Å². The Balaban J connectivity index is 1.96. The number of hydrogen-bond donors (Lipinski definition) is 1. The second-order valence-electron chi connectivity index (χ2n) is 4.58. The molecule has 0 heterocycles. The van der Waals surface area contributed by atoms with E-state index in [0.717, 1.165) is 0 Å². The summed E-state index contributed by atoms with van der Waals surface area (Å²) in [6, 6.07) is 12.1. The number of benzene rings is 2. The van der Waals surface area contributed by atoms with Gasteiger partial charge < -0.3 is 19.3 Å². The van der Waals surface area contributed by atoms with E-state index in [1.165, 1.54) is 24.3 Å². The molecule has 0 saturated carbocycles. The van der Waals surface area contributed by atoms with Crippen molar-refractivity contribution in [3.63, 3.8) is 0 Å². The number of aromatic carboxylic acids is 1. The molecule has 6 heteroatoms. The number of rotatable bonds is 7. The molecule has 0 aliphatic heterocycles. The maximum absolute atomic E-state index is 12.0. The summed E-state index contributed by atoms with van der Waals surface area (Å²) in [5.41, 5.74) is 0.494. The van der Waals surface area contributed by atoms with Crippen molar-refractivity contribution in [1.82, 2.24) is 0 Å². The molecule has 0 aromatic heterocycles. The Labute approximate surface area is 133 Å². The van der Waals surface area contributed by atoms with E-state index >= 15 is 0 Å². The maximum atomic E-state index is 12.0. The second kappa shape index (κ2) is 7.95. The average molecular weight is 316 g/mol. The number of ether oxygens (including phenoxy) is 3. The molecule has 0 atom stereocenters. The molecule has 120 valence electrons. The quantitative estimate of drug-likeness (QED) is 0.480. The molecule has 0 aliphatic carbocycles. The molecule has 0 unspecified atom stereocenters. The van der Waals surface area contributed by atoms with Gasteiger partial charge in [0.15, 0.2) is 0 Å². The minimum atomic E-state index is -1.04.